The molecule has 0 bridgehead atoms. The van der Waals surface area contributed by atoms with Crippen LogP contribution in [0.1, 0.15) is 18.6 Å². The van der Waals surface area contributed by atoms with Crippen LogP contribution in [-0.2, 0) is 4.79 Å². The number of aliphatic hydroxyl groups is 1. The number of hydrogen-bond acceptors (Lipinski definition) is 3. The van der Waals surface area contributed by atoms with Gasteiger partial charge in [0.15, 0.2) is 5.12 Å². The molecule has 0 spiro atoms. The summed E-state index contributed by atoms with van der Waals surface area (Å²) in [6.07, 6.45) is -0.796. The first-order valence-corrected chi connectivity index (χ1v) is 7.47. The lowest BCUT2D eigenvalue weighted by Crippen LogP contribution is -2.16. The van der Waals surface area contributed by atoms with Gasteiger partial charge in [-0.05, 0) is 23.8 Å². The van der Waals surface area contributed by atoms with Crippen molar-refractivity contribution in [1.29, 1.82) is 0 Å². The van der Waals surface area contributed by atoms with Crippen LogP contribution >= 0.6 is 23.4 Å². The Morgan fingerprint density at radius 1 is 1.15 bits per heavy atom. The van der Waals surface area contributed by atoms with Crippen molar-refractivity contribution in [1.82, 2.24) is 0 Å². The molecule has 104 valence electrons. The molecule has 0 radical (unpaired) electrons. The van der Waals surface area contributed by atoms with Crippen LogP contribution in [0.25, 0.3) is 0 Å². The van der Waals surface area contributed by atoms with E-state index in [1.165, 1.54) is 0 Å². The van der Waals surface area contributed by atoms with E-state index in [2.05, 4.69) is 0 Å². The largest absolute Gasteiger partial charge is 0.388 e. The van der Waals surface area contributed by atoms with Gasteiger partial charge in [0.2, 0.25) is 0 Å². The highest BCUT2D eigenvalue weighted by Gasteiger charge is 2.24. The van der Waals surface area contributed by atoms with Crippen molar-refractivity contribution in [2.75, 3.05) is 0 Å². The van der Waals surface area contributed by atoms with Crippen molar-refractivity contribution in [2.24, 2.45) is 5.92 Å². The van der Waals surface area contributed by atoms with Gasteiger partial charge in [-0.1, -0.05) is 66.7 Å². The lowest BCUT2D eigenvalue weighted by Gasteiger charge is -2.17. The number of aliphatic hydroxyl groups excluding tert-OH is 1. The second-order valence-electron chi connectivity index (χ2n) is 4.52. The summed E-state index contributed by atoms with van der Waals surface area (Å²) in [4.78, 5) is 13.0. The Morgan fingerprint density at radius 3 is 2.50 bits per heavy atom. The third-order valence-corrected chi connectivity index (χ3v) is 4.30. The van der Waals surface area contributed by atoms with Crippen molar-refractivity contribution in [3.63, 3.8) is 0 Å². The van der Waals surface area contributed by atoms with Gasteiger partial charge in [0.1, 0.15) is 0 Å². The first-order chi connectivity index (χ1) is 9.58. The van der Waals surface area contributed by atoms with Gasteiger partial charge < -0.3 is 5.11 Å². The van der Waals surface area contributed by atoms with Crippen molar-refractivity contribution in [3.8, 4) is 0 Å². The predicted octanol–water partition coefficient (Wildman–Crippen LogP) is 4.33. The molecule has 2 atom stereocenters. The fourth-order valence-corrected chi connectivity index (χ4v) is 2.94. The number of carbonyl (C=O) groups excluding carboxylic acids is 1. The third-order valence-electron chi connectivity index (χ3n) is 3.00. The zero-order chi connectivity index (χ0) is 14.5. The van der Waals surface area contributed by atoms with E-state index in [-0.39, 0.29) is 5.12 Å². The van der Waals surface area contributed by atoms with Crippen LogP contribution < -0.4 is 0 Å². The molecule has 2 aromatic carbocycles. The zero-order valence-electron chi connectivity index (χ0n) is 11.0. The maximum atomic E-state index is 12.2. The topological polar surface area (TPSA) is 37.3 Å². The molecule has 20 heavy (non-hydrogen) atoms. The Balaban J connectivity index is 2.05. The minimum Gasteiger partial charge on any atom is -0.388 e. The summed E-state index contributed by atoms with van der Waals surface area (Å²) in [5, 5.41) is 10.7. The van der Waals surface area contributed by atoms with Crippen LogP contribution in [0.15, 0.2) is 59.5 Å². The number of rotatable bonds is 4. The number of thioether (sulfide) groups is 1. The molecule has 0 saturated carbocycles. The first-order valence-electron chi connectivity index (χ1n) is 6.28. The van der Waals surface area contributed by atoms with Crippen molar-refractivity contribution in [2.45, 2.75) is 17.9 Å². The van der Waals surface area contributed by atoms with Crippen LogP contribution in [-0.4, -0.2) is 10.2 Å². The molecule has 2 nitrogen and oxygen atoms in total. The second kappa shape index (κ2) is 6.93. The van der Waals surface area contributed by atoms with E-state index in [9.17, 15) is 9.90 Å². The molecule has 0 aliphatic rings. The van der Waals surface area contributed by atoms with Crippen molar-refractivity contribution in [3.05, 3.63) is 65.2 Å². The predicted molar refractivity (Wildman–Crippen MR) is 82.9 cm³/mol. The molecule has 0 heterocycles. The highest BCUT2D eigenvalue weighted by molar-refractivity contribution is 8.13. The highest BCUT2D eigenvalue weighted by atomic mass is 35.5. The molecular formula is C16H15ClO2S. The van der Waals surface area contributed by atoms with E-state index in [0.29, 0.717) is 5.02 Å². The Labute approximate surface area is 127 Å². The van der Waals surface area contributed by atoms with Crippen LogP contribution in [0.4, 0.5) is 0 Å². The maximum absolute atomic E-state index is 12.2. The van der Waals surface area contributed by atoms with Crippen LogP contribution in [0.3, 0.4) is 0 Å². The quantitative estimate of drug-likeness (QED) is 0.854. The van der Waals surface area contributed by atoms with Gasteiger partial charge in [-0.15, -0.1) is 0 Å². The average molecular weight is 307 g/mol. The molecule has 0 unspecified atom stereocenters. The lowest BCUT2D eigenvalue weighted by molar-refractivity contribution is -0.117. The smallest absolute Gasteiger partial charge is 0.199 e. The van der Waals surface area contributed by atoms with Crippen LogP contribution in [0.2, 0.25) is 5.02 Å². The van der Waals surface area contributed by atoms with Crippen molar-refractivity contribution < 1.29 is 9.90 Å². The number of halogens is 1. The van der Waals surface area contributed by atoms with Gasteiger partial charge in [-0.3, -0.25) is 4.79 Å². The summed E-state index contributed by atoms with van der Waals surface area (Å²) in [7, 11) is 0. The Bertz CT molecular complexity index is 586. The Hall–Kier alpha value is -1.29. The summed E-state index contributed by atoms with van der Waals surface area (Å²) >= 11 is 7.00. The maximum Gasteiger partial charge on any atom is 0.199 e. The van der Waals surface area contributed by atoms with E-state index in [4.69, 9.17) is 11.6 Å². The molecular weight excluding hydrogens is 292 g/mol. The summed E-state index contributed by atoms with van der Waals surface area (Å²) < 4.78 is 0. The van der Waals surface area contributed by atoms with E-state index in [1.807, 2.05) is 36.4 Å². The van der Waals surface area contributed by atoms with Gasteiger partial charge >= 0.3 is 0 Å². The highest BCUT2D eigenvalue weighted by Crippen LogP contribution is 2.30. The fourth-order valence-electron chi connectivity index (χ4n) is 1.81. The summed E-state index contributed by atoms with van der Waals surface area (Å²) in [5.74, 6) is -0.485. The summed E-state index contributed by atoms with van der Waals surface area (Å²) in [6, 6.07) is 16.3. The molecule has 0 saturated heterocycles. The molecule has 0 amide bonds. The molecule has 4 heteroatoms. The lowest BCUT2D eigenvalue weighted by atomic mass is 9.99. The fraction of sp³-hybridized carbons (Fsp3) is 0.188. The minimum absolute atomic E-state index is 0.0800. The summed E-state index contributed by atoms with van der Waals surface area (Å²) in [6.45, 7) is 1.73. The van der Waals surface area contributed by atoms with Gasteiger partial charge in [0.25, 0.3) is 0 Å². The molecule has 0 aliphatic heterocycles. The normalized spacial score (nSPS) is 13.8. The van der Waals surface area contributed by atoms with E-state index in [0.717, 1.165) is 22.2 Å². The number of hydrogen-bond donors (Lipinski definition) is 1. The minimum atomic E-state index is -0.796. The van der Waals surface area contributed by atoms with Crippen LogP contribution in [0.5, 0.6) is 0 Å². The summed E-state index contributed by atoms with van der Waals surface area (Å²) in [5.41, 5.74) is 0.750. The van der Waals surface area contributed by atoms with Crippen molar-refractivity contribution >= 4 is 28.5 Å². The van der Waals surface area contributed by atoms with E-state index >= 15 is 0 Å². The van der Waals surface area contributed by atoms with Gasteiger partial charge in [-0.2, -0.15) is 0 Å². The molecule has 0 aliphatic carbocycles. The first kappa shape index (κ1) is 15.1. The van der Waals surface area contributed by atoms with Gasteiger partial charge in [0, 0.05) is 9.92 Å². The van der Waals surface area contributed by atoms with Crippen LogP contribution in [0, 0.1) is 5.92 Å². The molecule has 2 aromatic rings. The molecule has 1 N–H and O–H groups in total. The molecule has 0 aromatic heterocycles. The van der Waals surface area contributed by atoms with E-state index < -0.39 is 12.0 Å². The third kappa shape index (κ3) is 3.85. The average Bonchev–Trinajstić information content (AvgIpc) is 2.46. The van der Waals surface area contributed by atoms with E-state index in [1.54, 1.807) is 25.1 Å². The Morgan fingerprint density at radius 2 is 1.85 bits per heavy atom. The standard InChI is InChI=1S/C16H15ClO2S/c1-11(15(18)12-6-3-2-4-7-12)16(19)20-14-9-5-8-13(17)10-14/h2-11,15,18H,1H3/t11-,15-/m0/s1. The Kier molecular flexibility index (Phi) is 5.24. The zero-order valence-corrected chi connectivity index (χ0v) is 12.6. The number of benzene rings is 2. The second-order valence-corrected chi connectivity index (χ2v) is 6.04. The monoisotopic (exact) mass is 306 g/mol. The molecule has 0 fully saturated rings. The van der Waals surface area contributed by atoms with Gasteiger partial charge in [-0.25, -0.2) is 0 Å². The SMILES string of the molecule is C[C@H](C(=O)Sc1cccc(Cl)c1)[C@H](O)c1ccccc1. The molecule has 2 rings (SSSR count). The number of carbonyl (C=O) groups is 1. The van der Waals surface area contributed by atoms with Gasteiger partial charge in [0.05, 0.1) is 12.0 Å².